The predicted octanol–water partition coefficient (Wildman–Crippen LogP) is 5.28. The molecular weight excluding hydrogens is 393 g/mol. The summed E-state index contributed by atoms with van der Waals surface area (Å²) in [7, 11) is 1.62. The maximum Gasteiger partial charge on any atom is 0.259 e. The van der Waals surface area contributed by atoms with Gasteiger partial charge in [0.15, 0.2) is 0 Å². The van der Waals surface area contributed by atoms with Gasteiger partial charge in [-0.3, -0.25) is 10.1 Å². The molecule has 0 bridgehead atoms. The lowest BCUT2D eigenvalue weighted by Gasteiger charge is -2.03. The molecule has 0 aliphatic rings. The molecule has 2 aromatic carbocycles. The smallest absolute Gasteiger partial charge is 0.259 e. The summed E-state index contributed by atoms with van der Waals surface area (Å²) >= 11 is 13.1. The highest BCUT2D eigenvalue weighted by Crippen LogP contribution is 2.23. The molecular formula is C18H13Cl2N3O2S. The highest BCUT2D eigenvalue weighted by molar-refractivity contribution is 7.16. The molecule has 0 unspecified atom stereocenters. The van der Waals surface area contributed by atoms with E-state index in [4.69, 9.17) is 27.9 Å². The number of rotatable bonds is 5. The van der Waals surface area contributed by atoms with E-state index in [0.29, 0.717) is 20.7 Å². The van der Waals surface area contributed by atoms with Crippen LogP contribution in [0.5, 0.6) is 5.75 Å². The lowest BCUT2D eigenvalue weighted by molar-refractivity contribution is 0.102. The van der Waals surface area contributed by atoms with Gasteiger partial charge in [0.1, 0.15) is 10.8 Å². The Bertz CT molecular complexity index is 955. The number of hydrogen-bond acceptors (Lipinski definition) is 5. The van der Waals surface area contributed by atoms with Gasteiger partial charge in [-0.1, -0.05) is 52.7 Å². The number of benzene rings is 2. The van der Waals surface area contributed by atoms with Crippen LogP contribution in [0, 0.1) is 0 Å². The fourth-order valence-corrected chi connectivity index (χ4v) is 3.21. The summed E-state index contributed by atoms with van der Waals surface area (Å²) in [5.74, 6) is 0.428. The highest BCUT2D eigenvalue weighted by Gasteiger charge is 2.13. The normalized spacial score (nSPS) is 10.9. The van der Waals surface area contributed by atoms with Crippen LogP contribution in [0.4, 0.5) is 5.13 Å². The number of carbonyl (C=O) groups excluding carboxylic acids is 1. The van der Waals surface area contributed by atoms with E-state index in [0.717, 1.165) is 11.3 Å². The summed E-state index contributed by atoms with van der Waals surface area (Å²) in [6.07, 6.45) is 3.73. The Balaban J connectivity index is 1.67. The Kier molecular flexibility index (Phi) is 5.88. The van der Waals surface area contributed by atoms with Crippen molar-refractivity contribution >= 4 is 57.7 Å². The van der Waals surface area contributed by atoms with Crippen molar-refractivity contribution in [1.29, 1.82) is 0 Å². The molecule has 8 heteroatoms. The highest BCUT2D eigenvalue weighted by atomic mass is 35.5. The van der Waals surface area contributed by atoms with Crippen LogP contribution in [0.3, 0.4) is 0 Å². The molecule has 0 aliphatic carbocycles. The Morgan fingerprint density at radius 3 is 2.58 bits per heavy atom. The van der Waals surface area contributed by atoms with Gasteiger partial charge in [-0.05, 0) is 42.0 Å². The zero-order chi connectivity index (χ0) is 18.5. The maximum atomic E-state index is 12.3. The summed E-state index contributed by atoms with van der Waals surface area (Å²) in [6.45, 7) is 0. The molecule has 1 heterocycles. The van der Waals surface area contributed by atoms with Gasteiger partial charge < -0.3 is 4.74 Å². The second-order valence-electron chi connectivity index (χ2n) is 5.13. The van der Waals surface area contributed by atoms with Crippen molar-refractivity contribution in [3.05, 3.63) is 68.6 Å². The first-order valence-corrected chi connectivity index (χ1v) is 9.04. The van der Waals surface area contributed by atoms with Gasteiger partial charge in [0.05, 0.1) is 17.7 Å². The first-order valence-electron chi connectivity index (χ1n) is 7.47. The van der Waals surface area contributed by atoms with Gasteiger partial charge in [0.25, 0.3) is 5.91 Å². The standard InChI is InChI=1S/C18H13Cl2N3O2S/c1-25-13-6-2-11(3-7-13)4-9-16-22-23-18(26-16)21-17(24)14-8-5-12(19)10-15(14)20/h2-10H,1H3,(H,21,23,24). The third-order valence-corrected chi connectivity index (χ3v) is 4.72. The largest absolute Gasteiger partial charge is 0.497 e. The number of nitrogens with one attached hydrogen (secondary N) is 1. The van der Waals surface area contributed by atoms with Gasteiger partial charge in [-0.25, -0.2) is 0 Å². The van der Waals surface area contributed by atoms with Crippen molar-refractivity contribution in [3.63, 3.8) is 0 Å². The minimum absolute atomic E-state index is 0.277. The third kappa shape index (κ3) is 4.60. The van der Waals surface area contributed by atoms with E-state index in [1.54, 1.807) is 19.2 Å². The van der Waals surface area contributed by atoms with Gasteiger partial charge >= 0.3 is 0 Å². The Hall–Kier alpha value is -2.41. The van der Waals surface area contributed by atoms with Crippen LogP contribution in [-0.2, 0) is 0 Å². The molecule has 5 nitrogen and oxygen atoms in total. The van der Waals surface area contributed by atoms with E-state index in [9.17, 15) is 4.79 Å². The number of anilines is 1. The molecule has 0 saturated heterocycles. The maximum absolute atomic E-state index is 12.3. The first-order chi connectivity index (χ1) is 12.5. The van der Waals surface area contributed by atoms with Crippen LogP contribution in [0.2, 0.25) is 10.0 Å². The number of carbonyl (C=O) groups is 1. The van der Waals surface area contributed by atoms with Crippen molar-refractivity contribution in [1.82, 2.24) is 10.2 Å². The summed E-state index contributed by atoms with van der Waals surface area (Å²) in [6, 6.07) is 12.3. The molecule has 0 spiro atoms. The molecule has 26 heavy (non-hydrogen) atoms. The topological polar surface area (TPSA) is 64.1 Å². The van der Waals surface area contributed by atoms with E-state index >= 15 is 0 Å². The van der Waals surface area contributed by atoms with E-state index in [2.05, 4.69) is 15.5 Å². The number of amides is 1. The zero-order valence-corrected chi connectivity index (χ0v) is 15.9. The second-order valence-corrected chi connectivity index (χ2v) is 6.98. The van der Waals surface area contributed by atoms with Crippen LogP contribution in [0.15, 0.2) is 42.5 Å². The van der Waals surface area contributed by atoms with E-state index in [1.165, 1.54) is 17.4 Å². The van der Waals surface area contributed by atoms with Gasteiger partial charge in [-0.15, -0.1) is 10.2 Å². The molecule has 1 N–H and O–H groups in total. The number of nitrogens with zero attached hydrogens (tertiary/aromatic N) is 2. The minimum atomic E-state index is -0.367. The number of hydrogen-bond donors (Lipinski definition) is 1. The molecule has 0 aliphatic heterocycles. The second kappa shape index (κ2) is 8.31. The average molecular weight is 406 g/mol. The fourth-order valence-electron chi connectivity index (χ4n) is 2.07. The number of ether oxygens (including phenoxy) is 1. The van der Waals surface area contributed by atoms with Crippen molar-refractivity contribution in [2.24, 2.45) is 0 Å². The predicted molar refractivity (Wildman–Crippen MR) is 106 cm³/mol. The average Bonchev–Trinajstić information content (AvgIpc) is 3.07. The van der Waals surface area contributed by atoms with Gasteiger partial charge in [0.2, 0.25) is 5.13 Å². The zero-order valence-electron chi connectivity index (χ0n) is 13.6. The molecule has 0 atom stereocenters. The fraction of sp³-hybridized carbons (Fsp3) is 0.0556. The number of methoxy groups -OCH3 is 1. The van der Waals surface area contributed by atoms with Gasteiger partial charge in [-0.2, -0.15) is 0 Å². The van der Waals surface area contributed by atoms with Crippen LogP contribution >= 0.6 is 34.5 Å². The van der Waals surface area contributed by atoms with Crippen molar-refractivity contribution in [2.45, 2.75) is 0 Å². The van der Waals surface area contributed by atoms with E-state index in [-0.39, 0.29) is 10.9 Å². The molecule has 3 aromatic rings. The van der Waals surface area contributed by atoms with Gasteiger partial charge in [0, 0.05) is 5.02 Å². The summed E-state index contributed by atoms with van der Waals surface area (Å²) in [5.41, 5.74) is 1.32. The summed E-state index contributed by atoms with van der Waals surface area (Å²) in [4.78, 5) is 12.3. The summed E-state index contributed by atoms with van der Waals surface area (Å²) in [5, 5.41) is 12.5. The van der Waals surface area contributed by atoms with Crippen molar-refractivity contribution in [3.8, 4) is 5.75 Å². The quantitative estimate of drug-likeness (QED) is 0.627. The van der Waals surface area contributed by atoms with Crippen molar-refractivity contribution in [2.75, 3.05) is 12.4 Å². The molecule has 0 fully saturated rings. The van der Waals surface area contributed by atoms with Crippen LogP contribution in [-0.4, -0.2) is 23.2 Å². The molecule has 1 aromatic heterocycles. The number of aromatic nitrogens is 2. The van der Waals surface area contributed by atoms with E-state index < -0.39 is 0 Å². The number of halogens is 2. The molecule has 0 saturated carbocycles. The molecule has 1 amide bonds. The van der Waals surface area contributed by atoms with Crippen LogP contribution in [0.25, 0.3) is 12.2 Å². The van der Waals surface area contributed by atoms with Crippen LogP contribution < -0.4 is 10.1 Å². The SMILES string of the molecule is COc1ccc(C=Cc2nnc(NC(=O)c3ccc(Cl)cc3Cl)s2)cc1. The third-order valence-electron chi connectivity index (χ3n) is 3.37. The Labute approximate surface area is 164 Å². The minimum Gasteiger partial charge on any atom is -0.497 e. The molecule has 3 rings (SSSR count). The molecule has 0 radical (unpaired) electrons. The first kappa shape index (κ1) is 18.4. The van der Waals surface area contributed by atoms with E-state index in [1.807, 2.05) is 36.4 Å². The van der Waals surface area contributed by atoms with Crippen molar-refractivity contribution < 1.29 is 9.53 Å². The Morgan fingerprint density at radius 1 is 1.12 bits per heavy atom. The summed E-state index contributed by atoms with van der Waals surface area (Å²) < 4.78 is 5.12. The van der Waals surface area contributed by atoms with Crippen LogP contribution in [0.1, 0.15) is 20.9 Å². The monoisotopic (exact) mass is 405 g/mol. The molecule has 132 valence electrons. The Morgan fingerprint density at radius 2 is 1.88 bits per heavy atom. The lowest BCUT2D eigenvalue weighted by Crippen LogP contribution is -2.12. The lowest BCUT2D eigenvalue weighted by atomic mass is 10.2.